The summed E-state index contributed by atoms with van der Waals surface area (Å²) in [4.78, 5) is 18.2. The lowest BCUT2D eigenvalue weighted by Gasteiger charge is -2.15. The minimum absolute atomic E-state index is 0.158. The molecule has 0 aliphatic rings. The summed E-state index contributed by atoms with van der Waals surface area (Å²) in [6, 6.07) is 13.3. The third-order valence-electron chi connectivity index (χ3n) is 3.20. The highest BCUT2D eigenvalue weighted by Crippen LogP contribution is 2.17. The van der Waals surface area contributed by atoms with Crippen molar-refractivity contribution in [2.45, 2.75) is 6.54 Å². The average Bonchev–Trinajstić information content (AvgIpc) is 2.93. The SMILES string of the molecule is CN(Cc1cnc2ccccc2c1)C(=O)c1ccc(Br)o1. The van der Waals surface area contributed by atoms with Crippen LogP contribution in [0.2, 0.25) is 0 Å². The van der Waals surface area contributed by atoms with Gasteiger partial charge in [-0.05, 0) is 45.8 Å². The number of carbonyl (C=O) groups is 1. The minimum atomic E-state index is -0.158. The summed E-state index contributed by atoms with van der Waals surface area (Å²) in [5, 5.41) is 1.07. The van der Waals surface area contributed by atoms with Crippen molar-refractivity contribution in [1.29, 1.82) is 0 Å². The Hall–Kier alpha value is -2.14. The minimum Gasteiger partial charge on any atom is -0.444 e. The highest BCUT2D eigenvalue weighted by atomic mass is 79.9. The number of pyridine rings is 1. The van der Waals surface area contributed by atoms with E-state index in [1.165, 1.54) is 0 Å². The van der Waals surface area contributed by atoms with Gasteiger partial charge in [-0.25, -0.2) is 0 Å². The molecular formula is C16H13BrN2O2. The van der Waals surface area contributed by atoms with Crippen LogP contribution in [0.1, 0.15) is 16.1 Å². The van der Waals surface area contributed by atoms with Crippen molar-refractivity contribution in [3.63, 3.8) is 0 Å². The van der Waals surface area contributed by atoms with Crippen LogP contribution in [-0.4, -0.2) is 22.8 Å². The first-order valence-electron chi connectivity index (χ1n) is 6.48. The Morgan fingerprint density at radius 2 is 2.10 bits per heavy atom. The number of para-hydroxylation sites is 1. The van der Waals surface area contributed by atoms with Crippen LogP contribution in [0.5, 0.6) is 0 Å². The second kappa shape index (κ2) is 5.69. The number of halogens is 1. The molecular weight excluding hydrogens is 332 g/mol. The third-order valence-corrected chi connectivity index (χ3v) is 3.62. The Morgan fingerprint density at radius 1 is 1.29 bits per heavy atom. The molecule has 3 rings (SSSR count). The lowest BCUT2D eigenvalue weighted by molar-refractivity contribution is 0.0752. The van der Waals surface area contributed by atoms with Crippen molar-refractivity contribution in [3.05, 3.63) is 64.7 Å². The van der Waals surface area contributed by atoms with Crippen LogP contribution in [0.3, 0.4) is 0 Å². The van der Waals surface area contributed by atoms with Gasteiger partial charge in [-0.3, -0.25) is 9.78 Å². The molecule has 0 aliphatic heterocycles. The molecule has 5 heteroatoms. The molecule has 4 nitrogen and oxygen atoms in total. The van der Waals surface area contributed by atoms with E-state index in [0.29, 0.717) is 17.0 Å². The van der Waals surface area contributed by atoms with E-state index in [9.17, 15) is 4.79 Å². The van der Waals surface area contributed by atoms with Gasteiger partial charge in [-0.1, -0.05) is 18.2 Å². The quantitative estimate of drug-likeness (QED) is 0.724. The van der Waals surface area contributed by atoms with E-state index in [0.717, 1.165) is 16.5 Å². The third kappa shape index (κ3) is 2.97. The first-order valence-corrected chi connectivity index (χ1v) is 7.27. The standard InChI is InChI=1S/C16H13BrN2O2/c1-19(16(20)14-6-7-15(17)21-14)10-11-8-12-4-2-3-5-13(12)18-9-11/h2-9H,10H2,1H3. The highest BCUT2D eigenvalue weighted by Gasteiger charge is 2.16. The number of benzene rings is 1. The topological polar surface area (TPSA) is 46.3 Å². The van der Waals surface area contributed by atoms with Crippen molar-refractivity contribution >= 4 is 32.7 Å². The Morgan fingerprint density at radius 3 is 2.86 bits per heavy atom. The van der Waals surface area contributed by atoms with E-state index < -0.39 is 0 Å². The van der Waals surface area contributed by atoms with Crippen LogP contribution in [0.15, 0.2) is 57.7 Å². The van der Waals surface area contributed by atoms with Crippen molar-refractivity contribution in [2.75, 3.05) is 7.05 Å². The summed E-state index contributed by atoms with van der Waals surface area (Å²) in [5.41, 5.74) is 1.93. The van der Waals surface area contributed by atoms with Gasteiger partial charge < -0.3 is 9.32 Å². The van der Waals surface area contributed by atoms with Crippen molar-refractivity contribution < 1.29 is 9.21 Å². The van der Waals surface area contributed by atoms with Gasteiger partial charge in [0.25, 0.3) is 5.91 Å². The fourth-order valence-corrected chi connectivity index (χ4v) is 2.47. The van der Waals surface area contributed by atoms with E-state index in [4.69, 9.17) is 4.42 Å². The number of hydrogen-bond donors (Lipinski definition) is 0. The molecule has 0 fully saturated rings. The Bertz CT molecular complexity index is 798. The van der Waals surface area contributed by atoms with E-state index in [1.807, 2.05) is 30.3 Å². The number of hydrogen-bond acceptors (Lipinski definition) is 3. The summed E-state index contributed by atoms with van der Waals surface area (Å²) in [6.07, 6.45) is 1.80. The van der Waals surface area contributed by atoms with E-state index in [1.54, 1.807) is 30.3 Å². The Kier molecular flexibility index (Phi) is 3.75. The monoisotopic (exact) mass is 344 g/mol. The molecule has 0 spiro atoms. The van der Waals surface area contributed by atoms with Crippen LogP contribution in [0.25, 0.3) is 10.9 Å². The maximum absolute atomic E-state index is 12.2. The molecule has 0 radical (unpaired) electrons. The van der Waals surface area contributed by atoms with Crippen molar-refractivity contribution in [1.82, 2.24) is 9.88 Å². The number of carbonyl (C=O) groups excluding carboxylic acids is 1. The summed E-state index contributed by atoms with van der Waals surface area (Å²) in [5.74, 6) is 0.159. The summed E-state index contributed by atoms with van der Waals surface area (Å²) in [7, 11) is 1.74. The molecule has 0 bridgehead atoms. The molecule has 1 aromatic carbocycles. The number of furan rings is 1. The summed E-state index contributed by atoms with van der Waals surface area (Å²) in [6.45, 7) is 0.481. The number of rotatable bonds is 3. The zero-order chi connectivity index (χ0) is 14.8. The molecule has 2 heterocycles. The van der Waals surface area contributed by atoms with Gasteiger partial charge >= 0.3 is 0 Å². The van der Waals surface area contributed by atoms with E-state index >= 15 is 0 Å². The average molecular weight is 345 g/mol. The molecule has 2 aromatic heterocycles. The molecule has 21 heavy (non-hydrogen) atoms. The van der Waals surface area contributed by atoms with Crippen LogP contribution < -0.4 is 0 Å². The van der Waals surface area contributed by atoms with Gasteiger partial charge in [0, 0.05) is 25.2 Å². The predicted molar refractivity (Wildman–Crippen MR) is 83.9 cm³/mol. The van der Waals surface area contributed by atoms with Crippen molar-refractivity contribution in [2.24, 2.45) is 0 Å². The maximum atomic E-state index is 12.2. The molecule has 0 unspecified atom stereocenters. The van der Waals surface area contributed by atoms with Crippen molar-refractivity contribution in [3.8, 4) is 0 Å². The summed E-state index contributed by atoms with van der Waals surface area (Å²) >= 11 is 3.20. The Balaban J connectivity index is 1.79. The van der Waals surface area contributed by atoms with Gasteiger partial charge in [0.1, 0.15) is 0 Å². The number of aromatic nitrogens is 1. The van der Waals surface area contributed by atoms with Crippen LogP contribution >= 0.6 is 15.9 Å². The first kappa shape index (κ1) is 13.8. The molecule has 106 valence electrons. The molecule has 0 saturated heterocycles. The van der Waals surface area contributed by atoms with Crippen LogP contribution in [-0.2, 0) is 6.54 Å². The lowest BCUT2D eigenvalue weighted by Crippen LogP contribution is -2.25. The number of fused-ring (bicyclic) bond motifs is 1. The van der Waals surface area contributed by atoms with Gasteiger partial charge in [0.15, 0.2) is 10.4 Å². The zero-order valence-electron chi connectivity index (χ0n) is 11.4. The smallest absolute Gasteiger partial charge is 0.289 e. The molecule has 0 saturated carbocycles. The first-order chi connectivity index (χ1) is 10.1. The number of nitrogens with zero attached hydrogens (tertiary/aromatic N) is 2. The van der Waals surface area contributed by atoms with Gasteiger partial charge in [-0.15, -0.1) is 0 Å². The van der Waals surface area contributed by atoms with E-state index in [-0.39, 0.29) is 5.91 Å². The van der Waals surface area contributed by atoms with Gasteiger partial charge in [0.05, 0.1) is 5.52 Å². The fourth-order valence-electron chi connectivity index (χ4n) is 2.17. The maximum Gasteiger partial charge on any atom is 0.289 e. The second-order valence-corrected chi connectivity index (χ2v) is 5.58. The second-order valence-electron chi connectivity index (χ2n) is 4.80. The predicted octanol–water partition coefficient (Wildman–Crippen LogP) is 3.86. The summed E-state index contributed by atoms with van der Waals surface area (Å²) < 4.78 is 5.83. The lowest BCUT2D eigenvalue weighted by atomic mass is 10.1. The Labute approximate surface area is 130 Å². The molecule has 3 aromatic rings. The molecule has 0 aliphatic carbocycles. The highest BCUT2D eigenvalue weighted by molar-refractivity contribution is 9.10. The van der Waals surface area contributed by atoms with Gasteiger partial charge in [0.2, 0.25) is 0 Å². The molecule has 0 atom stereocenters. The molecule has 1 amide bonds. The van der Waals surface area contributed by atoms with Crippen LogP contribution in [0.4, 0.5) is 0 Å². The zero-order valence-corrected chi connectivity index (χ0v) is 13.0. The largest absolute Gasteiger partial charge is 0.444 e. The fraction of sp³-hybridized carbons (Fsp3) is 0.125. The normalized spacial score (nSPS) is 10.8. The molecule has 0 N–H and O–H groups in total. The van der Waals surface area contributed by atoms with E-state index in [2.05, 4.69) is 20.9 Å². The number of amides is 1. The van der Waals surface area contributed by atoms with Crippen LogP contribution in [0, 0.1) is 0 Å². The van der Waals surface area contributed by atoms with Gasteiger partial charge in [-0.2, -0.15) is 0 Å².